The number of benzene rings is 2. The van der Waals surface area contributed by atoms with E-state index in [2.05, 4.69) is 47.9 Å². The van der Waals surface area contributed by atoms with Crippen molar-refractivity contribution in [3.63, 3.8) is 0 Å². The Morgan fingerprint density at radius 2 is 1.51 bits per heavy atom. The molecule has 2 heterocycles. The van der Waals surface area contributed by atoms with E-state index in [9.17, 15) is 9.90 Å². The van der Waals surface area contributed by atoms with Crippen LogP contribution < -0.4 is 18.9 Å². The molecule has 3 aliphatic rings. The third-order valence-electron chi connectivity index (χ3n) is 9.97. The Morgan fingerprint density at radius 1 is 0.902 bits per heavy atom. The van der Waals surface area contributed by atoms with Gasteiger partial charge in [-0.2, -0.15) is 0 Å². The third-order valence-corrected chi connectivity index (χ3v) is 9.97. The van der Waals surface area contributed by atoms with E-state index in [1.165, 1.54) is 22.3 Å². The number of carboxylic acid groups (broad SMARTS) is 1. The lowest BCUT2D eigenvalue weighted by Gasteiger charge is -2.59. The highest BCUT2D eigenvalue weighted by molar-refractivity contribution is 5.70. The van der Waals surface area contributed by atoms with Gasteiger partial charge in [-0.15, -0.1) is 0 Å². The Labute approximate surface area is 244 Å². The van der Waals surface area contributed by atoms with Gasteiger partial charge in [0.1, 0.15) is 0 Å². The molecular formula is C33H46N2O6. The number of nitrogens with zero attached hydrogens (tertiary/aromatic N) is 2. The molecule has 41 heavy (non-hydrogen) atoms. The van der Waals surface area contributed by atoms with Gasteiger partial charge in [-0.05, 0) is 98.1 Å². The summed E-state index contributed by atoms with van der Waals surface area (Å²) in [6.07, 6.45) is 4.92. The number of likely N-dealkylation sites (N-methyl/N-ethyl adjacent to an activating group) is 1. The van der Waals surface area contributed by atoms with Crippen molar-refractivity contribution in [1.82, 2.24) is 9.80 Å². The summed E-state index contributed by atoms with van der Waals surface area (Å²) < 4.78 is 23.1. The Hall–Kier alpha value is -2.97. The van der Waals surface area contributed by atoms with Gasteiger partial charge >= 0.3 is 5.97 Å². The number of carboxylic acids is 1. The monoisotopic (exact) mass is 566 g/mol. The molecule has 0 aromatic heterocycles. The van der Waals surface area contributed by atoms with Gasteiger partial charge < -0.3 is 24.1 Å². The SMILES string of the molecule is CCCN1CCc2cc(OC)c(OC)cc2[C@]12CC[C@@H](C(=O)O)C[C@@H]2C1c2cc(OC)c(OC)cc2CCN1CC. The Morgan fingerprint density at radius 3 is 2.12 bits per heavy atom. The van der Waals surface area contributed by atoms with Gasteiger partial charge in [0.05, 0.1) is 39.9 Å². The first-order valence-corrected chi connectivity index (χ1v) is 15.1. The van der Waals surface area contributed by atoms with Crippen LogP contribution in [0.15, 0.2) is 24.3 Å². The van der Waals surface area contributed by atoms with Crippen molar-refractivity contribution >= 4 is 5.97 Å². The van der Waals surface area contributed by atoms with E-state index in [-0.39, 0.29) is 23.4 Å². The summed E-state index contributed by atoms with van der Waals surface area (Å²) in [5.41, 5.74) is 4.70. The maximum Gasteiger partial charge on any atom is 0.306 e. The molecule has 8 nitrogen and oxygen atoms in total. The zero-order valence-corrected chi connectivity index (χ0v) is 25.5. The van der Waals surface area contributed by atoms with Crippen LogP contribution in [0.5, 0.6) is 23.0 Å². The lowest BCUT2D eigenvalue weighted by molar-refractivity contribution is -0.148. The second-order valence-electron chi connectivity index (χ2n) is 11.7. The van der Waals surface area contributed by atoms with Crippen LogP contribution in [-0.4, -0.2) is 75.5 Å². The van der Waals surface area contributed by atoms with Crippen molar-refractivity contribution in [2.75, 3.05) is 54.6 Å². The van der Waals surface area contributed by atoms with Gasteiger partial charge in [0.15, 0.2) is 23.0 Å². The van der Waals surface area contributed by atoms with Gasteiger partial charge in [-0.25, -0.2) is 0 Å². The summed E-state index contributed by atoms with van der Waals surface area (Å²) in [6.45, 7) is 8.15. The van der Waals surface area contributed by atoms with Crippen LogP contribution in [0.3, 0.4) is 0 Å². The maximum absolute atomic E-state index is 12.6. The first kappa shape index (κ1) is 29.5. The molecule has 5 rings (SSSR count). The third kappa shape index (κ3) is 4.93. The number of rotatable bonds is 9. The highest BCUT2D eigenvalue weighted by Gasteiger charge is 2.56. The largest absolute Gasteiger partial charge is 0.493 e. The molecule has 1 fully saturated rings. The van der Waals surface area contributed by atoms with Crippen LogP contribution in [0.2, 0.25) is 0 Å². The average Bonchev–Trinajstić information content (AvgIpc) is 3.00. The van der Waals surface area contributed by atoms with Crippen LogP contribution in [0, 0.1) is 11.8 Å². The molecule has 0 bridgehead atoms. The van der Waals surface area contributed by atoms with Crippen LogP contribution in [0.4, 0.5) is 0 Å². The van der Waals surface area contributed by atoms with E-state index in [1.807, 2.05) is 0 Å². The fourth-order valence-electron chi connectivity index (χ4n) is 8.13. The van der Waals surface area contributed by atoms with E-state index in [0.717, 1.165) is 74.9 Å². The lowest BCUT2D eigenvalue weighted by Crippen LogP contribution is -2.61. The van der Waals surface area contributed by atoms with Crippen LogP contribution >= 0.6 is 0 Å². The van der Waals surface area contributed by atoms with Gasteiger partial charge in [-0.1, -0.05) is 13.8 Å². The van der Waals surface area contributed by atoms with E-state index < -0.39 is 5.97 Å². The van der Waals surface area contributed by atoms with Gasteiger partial charge in [0.2, 0.25) is 0 Å². The predicted molar refractivity (Wildman–Crippen MR) is 158 cm³/mol. The van der Waals surface area contributed by atoms with Crippen molar-refractivity contribution < 1.29 is 28.8 Å². The van der Waals surface area contributed by atoms with Crippen molar-refractivity contribution in [2.24, 2.45) is 11.8 Å². The number of carbonyl (C=O) groups is 1. The molecular weight excluding hydrogens is 520 g/mol. The zero-order valence-electron chi connectivity index (χ0n) is 25.5. The number of methoxy groups -OCH3 is 4. The maximum atomic E-state index is 12.6. The average molecular weight is 567 g/mol. The summed E-state index contributed by atoms with van der Waals surface area (Å²) in [5.74, 6) is 1.89. The molecule has 0 radical (unpaired) electrons. The molecule has 0 amide bonds. The molecule has 2 aromatic carbocycles. The first-order valence-electron chi connectivity index (χ1n) is 15.1. The van der Waals surface area contributed by atoms with Crippen LogP contribution in [0.1, 0.15) is 67.8 Å². The van der Waals surface area contributed by atoms with Crippen LogP contribution in [0.25, 0.3) is 0 Å². The topological polar surface area (TPSA) is 80.7 Å². The molecule has 0 saturated heterocycles. The predicted octanol–water partition coefficient (Wildman–Crippen LogP) is 5.30. The van der Waals surface area contributed by atoms with Crippen molar-refractivity contribution in [3.05, 3.63) is 46.5 Å². The minimum absolute atomic E-state index is 0.0316. The number of hydrogen-bond acceptors (Lipinski definition) is 7. The van der Waals surface area contributed by atoms with Crippen molar-refractivity contribution in [1.29, 1.82) is 0 Å². The van der Waals surface area contributed by atoms with Gasteiger partial charge in [0.25, 0.3) is 0 Å². The molecule has 224 valence electrons. The van der Waals surface area contributed by atoms with Crippen LogP contribution in [-0.2, 0) is 23.2 Å². The summed E-state index contributed by atoms with van der Waals surface area (Å²) in [4.78, 5) is 17.8. The first-order chi connectivity index (χ1) is 19.9. The highest BCUT2D eigenvalue weighted by Crippen LogP contribution is 2.58. The quantitative estimate of drug-likeness (QED) is 0.438. The minimum Gasteiger partial charge on any atom is -0.493 e. The zero-order chi connectivity index (χ0) is 29.3. The molecule has 1 saturated carbocycles. The van der Waals surface area contributed by atoms with Crippen molar-refractivity contribution in [3.8, 4) is 23.0 Å². The molecule has 4 atom stereocenters. The fourth-order valence-corrected chi connectivity index (χ4v) is 8.13. The normalized spacial score (nSPS) is 26.2. The molecule has 1 N–H and O–H groups in total. The highest BCUT2D eigenvalue weighted by atomic mass is 16.5. The second kappa shape index (κ2) is 12.1. The molecule has 1 spiro atoms. The smallest absolute Gasteiger partial charge is 0.306 e. The summed E-state index contributed by atoms with van der Waals surface area (Å²) in [7, 11) is 6.74. The van der Waals surface area contributed by atoms with Crippen molar-refractivity contribution in [2.45, 2.75) is 64.0 Å². The molecule has 1 unspecified atom stereocenters. The Balaban J connectivity index is 1.78. The number of fused-ring (bicyclic) bond motifs is 3. The summed E-state index contributed by atoms with van der Waals surface area (Å²) in [6, 6.07) is 8.66. The number of ether oxygens (including phenoxy) is 4. The molecule has 2 aliphatic heterocycles. The van der Waals surface area contributed by atoms with E-state index >= 15 is 0 Å². The van der Waals surface area contributed by atoms with E-state index in [0.29, 0.717) is 12.8 Å². The standard InChI is InChI=1S/C33H46N2O6/c1-7-13-35-15-11-22-18-28(39-4)30(41-6)20-25(22)33(35)12-9-23(32(36)37)16-26(33)31-24-19-29(40-5)27(38-3)17-21(24)10-14-34(31)8-2/h17-20,23,26,31H,7-16H2,1-6H3,(H,36,37)/t23-,26-,31?,33+/m1/s1. The Bertz CT molecular complexity index is 1260. The molecule has 8 heteroatoms. The number of hydrogen-bond donors (Lipinski definition) is 1. The summed E-state index contributed by atoms with van der Waals surface area (Å²) in [5, 5.41) is 10.3. The van der Waals surface area contributed by atoms with Gasteiger partial charge in [-0.3, -0.25) is 14.6 Å². The Kier molecular flexibility index (Phi) is 8.71. The van der Waals surface area contributed by atoms with E-state index in [4.69, 9.17) is 18.9 Å². The van der Waals surface area contributed by atoms with E-state index in [1.54, 1.807) is 28.4 Å². The number of aliphatic carboxylic acids is 1. The summed E-state index contributed by atoms with van der Waals surface area (Å²) >= 11 is 0. The van der Waals surface area contributed by atoms with Gasteiger partial charge in [0, 0.05) is 25.0 Å². The molecule has 1 aliphatic carbocycles. The minimum atomic E-state index is -0.693. The fraction of sp³-hybridized carbons (Fsp3) is 0.606. The second-order valence-corrected chi connectivity index (χ2v) is 11.7. The molecule has 2 aromatic rings. The lowest BCUT2D eigenvalue weighted by atomic mass is 9.58.